The Morgan fingerprint density at radius 2 is 1.43 bits per heavy atom. The molecule has 0 fully saturated rings. The number of rotatable bonds is 9. The maximum absolute atomic E-state index is 5.33. The zero-order valence-electron chi connectivity index (χ0n) is 9.91. The Bertz CT molecular complexity index is 82.3. The van der Waals surface area contributed by atoms with Crippen LogP contribution in [-0.2, 0) is 14.4 Å². The quantitative estimate of drug-likeness (QED) is 0.427. The summed E-state index contributed by atoms with van der Waals surface area (Å²) in [5.41, 5.74) is 0. The summed E-state index contributed by atoms with van der Waals surface area (Å²) in [5, 5.41) is 1.51. The second-order valence-electron chi connectivity index (χ2n) is 2.72. The maximum atomic E-state index is 5.33. The van der Waals surface area contributed by atoms with Crippen LogP contribution in [-0.4, -0.2) is 38.7 Å². The van der Waals surface area contributed by atoms with E-state index in [1.165, 1.54) is 5.23 Å². The molecule has 0 atom stereocenters. The molecule has 14 heavy (non-hydrogen) atoms. The lowest BCUT2D eigenvalue weighted by Gasteiger charge is -2.19. The molecular weight excluding hydrogens is 182 g/mol. The van der Waals surface area contributed by atoms with Crippen LogP contribution in [0.5, 0.6) is 0 Å². The first kappa shape index (κ1) is 16.3. The molecule has 0 aromatic heterocycles. The molecule has 0 rings (SSSR count). The average molecular weight is 206 g/mol. The molecule has 0 spiro atoms. The van der Waals surface area contributed by atoms with Gasteiger partial charge in [-0.2, -0.15) is 0 Å². The SMILES string of the molecule is CCCON(CCOC)OCCC.[CH3-]. The minimum atomic E-state index is 0. The summed E-state index contributed by atoms with van der Waals surface area (Å²) >= 11 is 0. The summed E-state index contributed by atoms with van der Waals surface area (Å²) in [5.74, 6) is 0. The summed E-state index contributed by atoms with van der Waals surface area (Å²) in [4.78, 5) is 10.7. The van der Waals surface area contributed by atoms with Crippen molar-refractivity contribution in [3.63, 3.8) is 0 Å². The van der Waals surface area contributed by atoms with Gasteiger partial charge in [-0.3, -0.25) is 9.68 Å². The number of hydrogen-bond donors (Lipinski definition) is 0. The second kappa shape index (κ2) is 12.8. The van der Waals surface area contributed by atoms with E-state index in [-0.39, 0.29) is 7.43 Å². The van der Waals surface area contributed by atoms with Crippen LogP contribution in [0.15, 0.2) is 0 Å². The van der Waals surface area contributed by atoms with Gasteiger partial charge in [-0.1, -0.05) is 19.1 Å². The van der Waals surface area contributed by atoms with Gasteiger partial charge >= 0.3 is 0 Å². The van der Waals surface area contributed by atoms with Gasteiger partial charge < -0.3 is 12.2 Å². The molecule has 0 aromatic carbocycles. The molecule has 0 heterocycles. The average Bonchev–Trinajstić information content (AvgIpc) is 2.17. The zero-order chi connectivity index (χ0) is 9.94. The second-order valence-corrected chi connectivity index (χ2v) is 2.72. The molecule has 0 unspecified atom stereocenters. The normalized spacial score (nSPS) is 10.3. The molecule has 0 saturated carbocycles. The van der Waals surface area contributed by atoms with Crippen molar-refractivity contribution in [2.75, 3.05) is 33.5 Å². The topological polar surface area (TPSA) is 30.9 Å². The third-order valence-corrected chi connectivity index (χ3v) is 1.36. The predicted molar refractivity (Wildman–Crippen MR) is 57.5 cm³/mol. The van der Waals surface area contributed by atoms with E-state index in [0.717, 1.165) is 12.8 Å². The molecule has 0 bridgehead atoms. The van der Waals surface area contributed by atoms with Crippen LogP contribution >= 0.6 is 0 Å². The Labute approximate surface area is 88.0 Å². The summed E-state index contributed by atoms with van der Waals surface area (Å²) < 4.78 is 4.93. The molecule has 0 aliphatic rings. The van der Waals surface area contributed by atoms with Crippen molar-refractivity contribution >= 4 is 0 Å². The molecule has 0 aromatic rings. The maximum Gasteiger partial charge on any atom is 0.0751 e. The third kappa shape index (κ3) is 9.92. The highest BCUT2D eigenvalue weighted by molar-refractivity contribution is 4.32. The summed E-state index contributed by atoms with van der Waals surface area (Å²) in [7, 11) is 1.66. The van der Waals surface area contributed by atoms with Gasteiger partial charge in [0.05, 0.1) is 26.4 Å². The molecule has 88 valence electrons. The largest absolute Gasteiger partial charge is 0.383 e. The van der Waals surface area contributed by atoms with Gasteiger partial charge in [0.15, 0.2) is 0 Å². The van der Waals surface area contributed by atoms with Crippen molar-refractivity contribution in [2.24, 2.45) is 0 Å². The smallest absolute Gasteiger partial charge is 0.0751 e. The summed E-state index contributed by atoms with van der Waals surface area (Å²) in [6.45, 7) is 6.77. The molecule has 0 amide bonds. The van der Waals surface area contributed by atoms with E-state index >= 15 is 0 Å². The van der Waals surface area contributed by atoms with E-state index in [1.54, 1.807) is 7.11 Å². The molecule has 0 N–H and O–H groups in total. The first-order valence-corrected chi connectivity index (χ1v) is 4.87. The highest BCUT2D eigenvalue weighted by Crippen LogP contribution is 1.95. The van der Waals surface area contributed by atoms with Crippen LogP contribution in [0.4, 0.5) is 0 Å². The van der Waals surface area contributed by atoms with Crippen LogP contribution in [0.25, 0.3) is 0 Å². The van der Waals surface area contributed by atoms with Gasteiger partial charge in [0.25, 0.3) is 0 Å². The van der Waals surface area contributed by atoms with E-state index in [4.69, 9.17) is 14.4 Å². The van der Waals surface area contributed by atoms with Crippen LogP contribution in [0.2, 0.25) is 0 Å². The fourth-order valence-corrected chi connectivity index (χ4v) is 0.718. The van der Waals surface area contributed by atoms with Crippen LogP contribution in [0.1, 0.15) is 26.7 Å². The van der Waals surface area contributed by atoms with Gasteiger partial charge in [-0.15, -0.1) is 0 Å². The minimum Gasteiger partial charge on any atom is -0.383 e. The number of methoxy groups -OCH3 is 1. The van der Waals surface area contributed by atoms with Crippen molar-refractivity contribution in [1.82, 2.24) is 5.23 Å². The lowest BCUT2D eigenvalue weighted by atomic mass is 10.5. The Kier molecular flexibility index (Phi) is 14.9. The van der Waals surface area contributed by atoms with Crippen LogP contribution in [0, 0.1) is 7.43 Å². The number of ether oxygens (including phenoxy) is 1. The molecule has 0 saturated heterocycles. The van der Waals surface area contributed by atoms with E-state index in [0.29, 0.717) is 26.4 Å². The first-order chi connectivity index (χ1) is 6.35. The third-order valence-electron chi connectivity index (χ3n) is 1.36. The van der Waals surface area contributed by atoms with Crippen molar-refractivity contribution in [2.45, 2.75) is 26.7 Å². The minimum absolute atomic E-state index is 0. The Balaban J connectivity index is 0. The predicted octanol–water partition coefficient (Wildman–Crippen LogP) is 2.07. The zero-order valence-corrected chi connectivity index (χ0v) is 9.91. The van der Waals surface area contributed by atoms with Crippen LogP contribution in [0.3, 0.4) is 0 Å². The molecule has 0 aliphatic carbocycles. The van der Waals surface area contributed by atoms with Crippen molar-refractivity contribution in [3.05, 3.63) is 7.43 Å². The van der Waals surface area contributed by atoms with E-state index in [9.17, 15) is 0 Å². The molecule has 0 radical (unpaired) electrons. The van der Waals surface area contributed by atoms with E-state index in [2.05, 4.69) is 13.8 Å². The molecule has 0 aliphatic heterocycles. The van der Waals surface area contributed by atoms with Crippen LogP contribution < -0.4 is 0 Å². The highest BCUT2D eigenvalue weighted by atomic mass is 16.9. The molecule has 4 heteroatoms. The van der Waals surface area contributed by atoms with Gasteiger partial charge in [-0.25, -0.2) is 0 Å². The monoisotopic (exact) mass is 206 g/mol. The fraction of sp³-hybridized carbons (Fsp3) is 0.900. The van der Waals surface area contributed by atoms with E-state index < -0.39 is 0 Å². The van der Waals surface area contributed by atoms with Gasteiger partial charge in [0.2, 0.25) is 0 Å². The summed E-state index contributed by atoms with van der Waals surface area (Å²) in [6.07, 6.45) is 1.97. The summed E-state index contributed by atoms with van der Waals surface area (Å²) in [6, 6.07) is 0. The van der Waals surface area contributed by atoms with Gasteiger partial charge in [-0.05, 0) is 12.8 Å². The lowest BCUT2D eigenvalue weighted by molar-refractivity contribution is -0.370. The number of hydroxylamine groups is 2. The molecule has 4 nitrogen and oxygen atoms in total. The Morgan fingerprint density at radius 3 is 1.79 bits per heavy atom. The van der Waals surface area contributed by atoms with Gasteiger partial charge in [0, 0.05) is 7.11 Å². The van der Waals surface area contributed by atoms with Crippen molar-refractivity contribution in [3.8, 4) is 0 Å². The van der Waals surface area contributed by atoms with Crippen molar-refractivity contribution < 1.29 is 14.4 Å². The first-order valence-electron chi connectivity index (χ1n) is 4.87. The van der Waals surface area contributed by atoms with Crippen molar-refractivity contribution in [1.29, 1.82) is 0 Å². The Hall–Kier alpha value is -0.160. The Morgan fingerprint density at radius 1 is 0.929 bits per heavy atom. The molecular formula is C10H24NO3-. The number of nitrogens with zero attached hydrogens (tertiary/aromatic N) is 1. The van der Waals surface area contributed by atoms with E-state index in [1.807, 2.05) is 0 Å². The lowest BCUT2D eigenvalue weighted by Crippen LogP contribution is -2.28. The number of hydrogen-bond acceptors (Lipinski definition) is 4. The fourth-order valence-electron chi connectivity index (χ4n) is 0.718. The van der Waals surface area contributed by atoms with Gasteiger partial charge in [0.1, 0.15) is 0 Å². The highest BCUT2D eigenvalue weighted by Gasteiger charge is 2.03. The standard InChI is InChI=1S/C9H21NO3.CH3/c1-4-7-12-10(6-9-11-3)13-8-5-2;/h4-9H2,1-3H3;1H3/q;-1.